The molecule has 0 heterocycles. The molecule has 0 aliphatic heterocycles. The van der Waals surface area contributed by atoms with Gasteiger partial charge in [0.2, 0.25) is 0 Å². The smallest absolute Gasteiger partial charge is 0.173 e. The molecule has 0 aliphatic rings. The average molecular weight is 313 g/mol. The lowest BCUT2D eigenvalue weighted by Gasteiger charge is -2.14. The van der Waals surface area contributed by atoms with Gasteiger partial charge in [-0.1, -0.05) is 35.9 Å². The second kappa shape index (κ2) is 5.16. The quantitative estimate of drug-likeness (QED) is 0.827. The zero-order chi connectivity index (χ0) is 13.3. The zero-order valence-corrected chi connectivity index (χ0v) is 11.2. The van der Waals surface area contributed by atoms with Gasteiger partial charge < -0.3 is 5.11 Å². The van der Waals surface area contributed by atoms with Gasteiger partial charge >= 0.3 is 0 Å². The Hall–Kier alpha value is -1.26. The SMILES string of the molecule is Cc1cccc(C(O)c2ccc(F)c(F)c2Br)c1. The molecule has 0 saturated carbocycles. The summed E-state index contributed by atoms with van der Waals surface area (Å²) < 4.78 is 26.4. The predicted octanol–water partition coefficient (Wildman–Crippen LogP) is 4.12. The van der Waals surface area contributed by atoms with E-state index in [1.165, 1.54) is 6.07 Å². The van der Waals surface area contributed by atoms with E-state index in [9.17, 15) is 13.9 Å². The summed E-state index contributed by atoms with van der Waals surface area (Å²) in [5.41, 5.74) is 1.94. The van der Waals surface area contributed by atoms with Crippen LogP contribution in [0, 0.1) is 18.6 Å². The number of halogens is 3. The summed E-state index contributed by atoms with van der Waals surface area (Å²) in [6.07, 6.45) is -0.991. The third-order valence-electron chi connectivity index (χ3n) is 2.72. The summed E-state index contributed by atoms with van der Waals surface area (Å²) in [5, 5.41) is 10.2. The highest BCUT2D eigenvalue weighted by molar-refractivity contribution is 9.10. The van der Waals surface area contributed by atoms with Crippen LogP contribution in [0.15, 0.2) is 40.9 Å². The van der Waals surface area contributed by atoms with Crippen LogP contribution in [0.5, 0.6) is 0 Å². The van der Waals surface area contributed by atoms with Crippen LogP contribution in [0.4, 0.5) is 8.78 Å². The van der Waals surface area contributed by atoms with Crippen LogP contribution in [0.2, 0.25) is 0 Å². The Morgan fingerprint density at radius 2 is 1.89 bits per heavy atom. The van der Waals surface area contributed by atoms with Gasteiger partial charge in [-0.2, -0.15) is 0 Å². The first-order valence-electron chi connectivity index (χ1n) is 5.38. The molecule has 2 rings (SSSR count). The van der Waals surface area contributed by atoms with Crippen molar-refractivity contribution < 1.29 is 13.9 Å². The molecule has 18 heavy (non-hydrogen) atoms. The van der Waals surface area contributed by atoms with Gasteiger partial charge in [0, 0.05) is 5.56 Å². The molecule has 0 amide bonds. The minimum absolute atomic E-state index is 0.0449. The number of aliphatic hydroxyl groups is 1. The van der Waals surface area contributed by atoms with Crippen molar-refractivity contribution >= 4 is 15.9 Å². The first kappa shape index (κ1) is 13.2. The molecule has 4 heteroatoms. The van der Waals surface area contributed by atoms with E-state index in [-0.39, 0.29) is 4.47 Å². The van der Waals surface area contributed by atoms with E-state index in [1.807, 2.05) is 19.1 Å². The topological polar surface area (TPSA) is 20.2 Å². The Kier molecular flexibility index (Phi) is 3.78. The Morgan fingerprint density at radius 3 is 2.56 bits per heavy atom. The molecule has 2 aromatic carbocycles. The third kappa shape index (κ3) is 2.44. The van der Waals surface area contributed by atoms with Crippen LogP contribution in [-0.2, 0) is 0 Å². The van der Waals surface area contributed by atoms with Crippen molar-refractivity contribution in [3.05, 3.63) is 69.2 Å². The molecular formula is C14H11BrF2O. The van der Waals surface area contributed by atoms with Crippen LogP contribution in [0.25, 0.3) is 0 Å². The lowest BCUT2D eigenvalue weighted by molar-refractivity contribution is 0.218. The molecule has 0 bridgehead atoms. The fourth-order valence-corrected chi connectivity index (χ4v) is 2.31. The van der Waals surface area contributed by atoms with Gasteiger partial charge in [0.05, 0.1) is 4.47 Å². The van der Waals surface area contributed by atoms with Crippen LogP contribution >= 0.6 is 15.9 Å². The third-order valence-corrected chi connectivity index (χ3v) is 3.52. The molecule has 0 fully saturated rings. The fraction of sp³-hybridized carbons (Fsp3) is 0.143. The first-order chi connectivity index (χ1) is 8.50. The maximum Gasteiger partial charge on any atom is 0.173 e. The lowest BCUT2D eigenvalue weighted by Crippen LogP contribution is -2.03. The molecule has 0 saturated heterocycles. The van der Waals surface area contributed by atoms with Crippen LogP contribution in [0.3, 0.4) is 0 Å². The monoisotopic (exact) mass is 312 g/mol. The Morgan fingerprint density at radius 1 is 1.17 bits per heavy atom. The number of aryl methyl sites for hydroxylation is 1. The van der Waals surface area contributed by atoms with Gasteiger partial charge in [-0.15, -0.1) is 0 Å². The minimum atomic E-state index is -0.991. The van der Waals surface area contributed by atoms with Gasteiger partial charge in [0.15, 0.2) is 11.6 Å². The predicted molar refractivity (Wildman–Crippen MR) is 69.3 cm³/mol. The summed E-state index contributed by atoms with van der Waals surface area (Å²) >= 11 is 2.97. The van der Waals surface area contributed by atoms with E-state index in [0.717, 1.165) is 11.6 Å². The summed E-state index contributed by atoms with van der Waals surface area (Å²) in [7, 11) is 0. The van der Waals surface area contributed by atoms with Gasteiger partial charge in [0.1, 0.15) is 6.10 Å². The molecule has 1 nitrogen and oxygen atoms in total. The average Bonchev–Trinajstić information content (AvgIpc) is 2.35. The molecule has 0 aromatic heterocycles. The van der Waals surface area contributed by atoms with Crippen molar-refractivity contribution in [2.75, 3.05) is 0 Å². The van der Waals surface area contributed by atoms with Gasteiger partial charge in [0.25, 0.3) is 0 Å². The standard InChI is InChI=1S/C14H11BrF2O/c1-8-3-2-4-9(7-8)14(18)10-5-6-11(16)13(17)12(10)15/h2-7,14,18H,1H3. The van der Waals surface area contributed by atoms with Crippen LogP contribution < -0.4 is 0 Å². The van der Waals surface area contributed by atoms with Crippen LogP contribution in [-0.4, -0.2) is 5.11 Å². The second-order valence-electron chi connectivity index (χ2n) is 4.08. The lowest BCUT2D eigenvalue weighted by atomic mass is 10.00. The van der Waals surface area contributed by atoms with Crippen molar-refractivity contribution in [3.8, 4) is 0 Å². The minimum Gasteiger partial charge on any atom is -0.384 e. The summed E-state index contributed by atoms with van der Waals surface area (Å²) in [6, 6.07) is 9.63. The van der Waals surface area contributed by atoms with Crippen molar-refractivity contribution in [2.24, 2.45) is 0 Å². The molecule has 0 spiro atoms. The Labute approximate surface area is 112 Å². The molecule has 0 aliphatic carbocycles. The highest BCUT2D eigenvalue weighted by Gasteiger charge is 2.18. The van der Waals surface area contributed by atoms with E-state index in [2.05, 4.69) is 15.9 Å². The highest BCUT2D eigenvalue weighted by atomic mass is 79.9. The van der Waals surface area contributed by atoms with E-state index in [4.69, 9.17) is 0 Å². The van der Waals surface area contributed by atoms with Crippen molar-refractivity contribution in [2.45, 2.75) is 13.0 Å². The molecule has 2 aromatic rings. The molecule has 94 valence electrons. The zero-order valence-electron chi connectivity index (χ0n) is 9.62. The van der Waals surface area contributed by atoms with Gasteiger partial charge in [-0.25, -0.2) is 8.78 Å². The number of hydrogen-bond acceptors (Lipinski definition) is 1. The summed E-state index contributed by atoms with van der Waals surface area (Å²) in [4.78, 5) is 0. The molecule has 1 N–H and O–H groups in total. The molecule has 1 unspecified atom stereocenters. The van der Waals surface area contributed by atoms with E-state index in [0.29, 0.717) is 11.1 Å². The molecular weight excluding hydrogens is 302 g/mol. The number of aliphatic hydroxyl groups excluding tert-OH is 1. The summed E-state index contributed by atoms with van der Waals surface area (Å²) in [5.74, 6) is -1.93. The Bertz CT molecular complexity index is 584. The van der Waals surface area contributed by atoms with Crippen molar-refractivity contribution in [1.82, 2.24) is 0 Å². The number of benzene rings is 2. The highest BCUT2D eigenvalue weighted by Crippen LogP contribution is 2.31. The maximum absolute atomic E-state index is 13.4. The van der Waals surface area contributed by atoms with Gasteiger partial charge in [-0.3, -0.25) is 0 Å². The van der Waals surface area contributed by atoms with E-state index < -0.39 is 17.7 Å². The fourth-order valence-electron chi connectivity index (χ4n) is 1.77. The first-order valence-corrected chi connectivity index (χ1v) is 6.18. The van der Waals surface area contributed by atoms with E-state index in [1.54, 1.807) is 12.1 Å². The van der Waals surface area contributed by atoms with Crippen molar-refractivity contribution in [3.63, 3.8) is 0 Å². The summed E-state index contributed by atoms with van der Waals surface area (Å²) in [6.45, 7) is 1.90. The molecule has 1 atom stereocenters. The Balaban J connectivity index is 2.46. The number of rotatable bonds is 2. The maximum atomic E-state index is 13.4. The van der Waals surface area contributed by atoms with Gasteiger partial charge in [-0.05, 0) is 34.5 Å². The van der Waals surface area contributed by atoms with Crippen molar-refractivity contribution in [1.29, 1.82) is 0 Å². The molecule has 0 radical (unpaired) electrons. The van der Waals surface area contributed by atoms with Crippen LogP contribution in [0.1, 0.15) is 22.8 Å². The largest absolute Gasteiger partial charge is 0.384 e. The second-order valence-corrected chi connectivity index (χ2v) is 4.87. The normalized spacial score (nSPS) is 12.5. The van der Waals surface area contributed by atoms with E-state index >= 15 is 0 Å². The number of hydrogen-bond donors (Lipinski definition) is 1.